The van der Waals surface area contributed by atoms with E-state index in [2.05, 4.69) is 15.0 Å². The van der Waals surface area contributed by atoms with E-state index in [0.717, 1.165) is 0 Å². The fraction of sp³-hybridized carbons (Fsp3) is 0.125. The largest absolute Gasteiger partial charge is 0.441 e. The molecule has 0 amide bonds. The van der Waals surface area contributed by atoms with E-state index in [1.54, 1.807) is 18.2 Å². The standard InChI is InChI=1S/C8H5ClN4O/c9-5-1-2-6-7(3-5)14-8(12-6)4-11-13-10/h1-3H,4H2. The lowest BCUT2D eigenvalue weighted by Crippen LogP contribution is -1.76. The van der Waals surface area contributed by atoms with Gasteiger partial charge in [0.15, 0.2) is 5.58 Å². The number of azide groups is 1. The van der Waals surface area contributed by atoms with Crippen molar-refractivity contribution in [3.63, 3.8) is 0 Å². The Hall–Kier alpha value is -1.71. The summed E-state index contributed by atoms with van der Waals surface area (Å²) in [5.74, 6) is 0.389. The predicted molar refractivity (Wildman–Crippen MR) is 51.9 cm³/mol. The predicted octanol–water partition coefficient (Wildman–Crippen LogP) is 3.29. The summed E-state index contributed by atoms with van der Waals surface area (Å²) in [6, 6.07) is 5.15. The molecule has 5 nitrogen and oxygen atoms in total. The molecule has 0 aliphatic heterocycles. The van der Waals surface area contributed by atoms with E-state index in [-0.39, 0.29) is 6.54 Å². The van der Waals surface area contributed by atoms with Crippen LogP contribution in [-0.2, 0) is 6.54 Å². The maximum atomic E-state index is 8.11. The highest BCUT2D eigenvalue weighted by Crippen LogP contribution is 2.20. The van der Waals surface area contributed by atoms with Gasteiger partial charge in [0.1, 0.15) is 12.1 Å². The van der Waals surface area contributed by atoms with Gasteiger partial charge < -0.3 is 4.42 Å². The highest BCUT2D eigenvalue weighted by atomic mass is 35.5. The van der Waals surface area contributed by atoms with Gasteiger partial charge in [0.2, 0.25) is 5.89 Å². The topological polar surface area (TPSA) is 74.8 Å². The monoisotopic (exact) mass is 208 g/mol. The zero-order valence-electron chi connectivity index (χ0n) is 7.01. The number of hydrogen-bond acceptors (Lipinski definition) is 3. The Labute approximate surface area is 83.9 Å². The van der Waals surface area contributed by atoms with Crippen molar-refractivity contribution in [3.8, 4) is 0 Å². The van der Waals surface area contributed by atoms with Crippen LogP contribution in [0.15, 0.2) is 27.7 Å². The van der Waals surface area contributed by atoms with Crippen LogP contribution in [0.3, 0.4) is 0 Å². The van der Waals surface area contributed by atoms with Crippen LogP contribution in [0.5, 0.6) is 0 Å². The third kappa shape index (κ3) is 1.64. The van der Waals surface area contributed by atoms with Crippen molar-refractivity contribution < 1.29 is 4.42 Å². The zero-order chi connectivity index (χ0) is 9.97. The van der Waals surface area contributed by atoms with Gasteiger partial charge in [-0.1, -0.05) is 16.7 Å². The molecule has 0 N–H and O–H groups in total. The molecule has 0 fully saturated rings. The summed E-state index contributed by atoms with van der Waals surface area (Å²) in [4.78, 5) is 6.72. The van der Waals surface area contributed by atoms with Crippen LogP contribution in [0.4, 0.5) is 0 Å². The summed E-state index contributed by atoms with van der Waals surface area (Å²) < 4.78 is 5.29. The van der Waals surface area contributed by atoms with E-state index in [0.29, 0.717) is 22.0 Å². The van der Waals surface area contributed by atoms with Gasteiger partial charge in [-0.15, -0.1) is 0 Å². The summed E-state index contributed by atoms with van der Waals surface area (Å²) in [7, 11) is 0. The van der Waals surface area contributed by atoms with E-state index >= 15 is 0 Å². The minimum atomic E-state index is 0.114. The van der Waals surface area contributed by atoms with Gasteiger partial charge in [0, 0.05) is 16.0 Å². The average Bonchev–Trinajstić information content (AvgIpc) is 2.56. The molecule has 0 radical (unpaired) electrons. The average molecular weight is 209 g/mol. The van der Waals surface area contributed by atoms with Gasteiger partial charge in [-0.3, -0.25) is 0 Å². The maximum Gasteiger partial charge on any atom is 0.201 e. The Morgan fingerprint density at radius 3 is 3.21 bits per heavy atom. The number of halogens is 1. The van der Waals surface area contributed by atoms with E-state index in [1.165, 1.54) is 0 Å². The first kappa shape index (κ1) is 8.87. The Bertz CT molecular complexity index is 515. The minimum Gasteiger partial charge on any atom is -0.441 e. The summed E-state index contributed by atoms with van der Waals surface area (Å²) in [6.07, 6.45) is 0. The number of oxazole rings is 1. The number of aromatic nitrogens is 1. The highest BCUT2D eigenvalue weighted by molar-refractivity contribution is 6.31. The van der Waals surface area contributed by atoms with Crippen molar-refractivity contribution in [2.24, 2.45) is 5.11 Å². The maximum absolute atomic E-state index is 8.11. The van der Waals surface area contributed by atoms with Gasteiger partial charge in [0.05, 0.1) is 0 Å². The third-order valence-electron chi connectivity index (χ3n) is 1.66. The molecule has 1 heterocycles. The summed E-state index contributed by atoms with van der Waals surface area (Å²) >= 11 is 5.76. The smallest absolute Gasteiger partial charge is 0.201 e. The lowest BCUT2D eigenvalue weighted by molar-refractivity contribution is 0.533. The molecule has 0 aliphatic rings. The Kier molecular flexibility index (Phi) is 2.26. The van der Waals surface area contributed by atoms with Gasteiger partial charge in [-0.2, -0.15) is 0 Å². The summed E-state index contributed by atoms with van der Waals surface area (Å²) in [6.45, 7) is 0.114. The Morgan fingerprint density at radius 2 is 2.43 bits per heavy atom. The number of benzene rings is 1. The first-order valence-electron chi connectivity index (χ1n) is 3.85. The molecule has 0 saturated carbocycles. The second-order valence-corrected chi connectivity index (χ2v) is 3.05. The SMILES string of the molecule is [N-]=[N+]=NCc1nc2ccc(Cl)cc2o1. The second-order valence-electron chi connectivity index (χ2n) is 2.61. The lowest BCUT2D eigenvalue weighted by atomic mass is 10.3. The first-order valence-corrected chi connectivity index (χ1v) is 4.23. The molecule has 0 aliphatic carbocycles. The molecule has 6 heteroatoms. The lowest BCUT2D eigenvalue weighted by Gasteiger charge is -1.86. The zero-order valence-corrected chi connectivity index (χ0v) is 7.77. The fourth-order valence-electron chi connectivity index (χ4n) is 1.11. The van der Waals surface area contributed by atoms with Crippen molar-refractivity contribution in [1.29, 1.82) is 0 Å². The minimum absolute atomic E-state index is 0.114. The van der Waals surface area contributed by atoms with Crippen molar-refractivity contribution in [2.75, 3.05) is 0 Å². The molecule has 14 heavy (non-hydrogen) atoms. The van der Waals surface area contributed by atoms with Crippen LogP contribution >= 0.6 is 11.6 Å². The van der Waals surface area contributed by atoms with Gasteiger partial charge in [-0.05, 0) is 17.7 Å². The van der Waals surface area contributed by atoms with Crippen molar-refractivity contribution in [1.82, 2.24) is 4.98 Å². The molecule has 0 saturated heterocycles. The molecule has 70 valence electrons. The van der Waals surface area contributed by atoms with E-state index in [1.807, 2.05) is 0 Å². The summed E-state index contributed by atoms with van der Waals surface area (Å²) in [5, 5.41) is 3.94. The van der Waals surface area contributed by atoms with Gasteiger partial charge >= 0.3 is 0 Å². The molecule has 0 atom stereocenters. The molecule has 2 rings (SSSR count). The molecular weight excluding hydrogens is 204 g/mol. The van der Waals surface area contributed by atoms with E-state index in [4.69, 9.17) is 21.5 Å². The number of hydrogen-bond donors (Lipinski definition) is 0. The van der Waals surface area contributed by atoms with Crippen molar-refractivity contribution in [2.45, 2.75) is 6.54 Å². The molecule has 0 spiro atoms. The van der Waals surface area contributed by atoms with Crippen molar-refractivity contribution >= 4 is 22.7 Å². The van der Waals surface area contributed by atoms with Crippen LogP contribution in [0, 0.1) is 0 Å². The third-order valence-corrected chi connectivity index (χ3v) is 1.90. The van der Waals surface area contributed by atoms with Crippen molar-refractivity contribution in [3.05, 3.63) is 39.6 Å². The second kappa shape index (κ2) is 3.57. The molecule has 2 aromatic rings. The Morgan fingerprint density at radius 1 is 1.57 bits per heavy atom. The molecule has 0 bridgehead atoms. The van der Waals surface area contributed by atoms with Crippen LogP contribution < -0.4 is 0 Å². The number of rotatable bonds is 2. The summed E-state index contributed by atoms with van der Waals surface area (Å²) in [5.41, 5.74) is 9.42. The Balaban J connectivity index is 2.45. The van der Waals surface area contributed by atoms with E-state index < -0.39 is 0 Å². The van der Waals surface area contributed by atoms with Crippen LogP contribution in [0.25, 0.3) is 21.5 Å². The normalized spacial score (nSPS) is 10.1. The molecular formula is C8H5ClN4O. The van der Waals surface area contributed by atoms with E-state index in [9.17, 15) is 0 Å². The number of fused-ring (bicyclic) bond motifs is 1. The van der Waals surface area contributed by atoms with Crippen LogP contribution in [0.2, 0.25) is 5.02 Å². The quantitative estimate of drug-likeness (QED) is 0.431. The van der Waals surface area contributed by atoms with Crippen LogP contribution in [0.1, 0.15) is 5.89 Å². The van der Waals surface area contributed by atoms with Crippen LogP contribution in [-0.4, -0.2) is 4.98 Å². The molecule has 1 aromatic heterocycles. The molecule has 1 aromatic carbocycles. The van der Waals surface area contributed by atoms with Gasteiger partial charge in [0.25, 0.3) is 0 Å². The molecule has 0 unspecified atom stereocenters. The highest BCUT2D eigenvalue weighted by Gasteiger charge is 2.04. The number of nitrogens with zero attached hydrogens (tertiary/aromatic N) is 4. The van der Waals surface area contributed by atoms with Gasteiger partial charge in [-0.25, -0.2) is 4.98 Å². The first-order chi connectivity index (χ1) is 6.79. The fourth-order valence-corrected chi connectivity index (χ4v) is 1.27.